The normalized spacial score (nSPS) is 12.4. The molecule has 0 aromatic heterocycles. The smallest absolute Gasteiger partial charge is 0.0772 e. The van der Waals surface area contributed by atoms with Gasteiger partial charge in [-0.25, -0.2) is 0 Å². The van der Waals surface area contributed by atoms with E-state index in [1.807, 2.05) is 25.1 Å². The van der Waals surface area contributed by atoms with Gasteiger partial charge in [-0.1, -0.05) is 42.1 Å². The van der Waals surface area contributed by atoms with Gasteiger partial charge in [0.05, 0.1) is 6.10 Å². The molecule has 0 aliphatic carbocycles. The first-order valence-electron chi connectivity index (χ1n) is 6.10. The Morgan fingerprint density at radius 2 is 1.72 bits per heavy atom. The molecule has 0 spiro atoms. The minimum absolute atomic E-state index is 0.432. The second-order valence-corrected chi connectivity index (χ2v) is 5.67. The van der Waals surface area contributed by atoms with E-state index in [4.69, 9.17) is 0 Å². The SMILES string of the molecule is Cc1ccc(C)c(Sc2ccccc2C(C)O)c1. The standard InChI is InChI=1S/C16H18OS/c1-11-8-9-12(2)16(10-11)18-15-7-5-4-6-14(15)13(3)17/h4-10,13,17H,1-3H3. The minimum Gasteiger partial charge on any atom is -0.389 e. The highest BCUT2D eigenvalue weighted by Gasteiger charge is 2.09. The first-order valence-corrected chi connectivity index (χ1v) is 6.91. The van der Waals surface area contributed by atoms with Gasteiger partial charge in [-0.15, -0.1) is 0 Å². The van der Waals surface area contributed by atoms with E-state index in [9.17, 15) is 5.11 Å². The van der Waals surface area contributed by atoms with Crippen molar-refractivity contribution in [1.82, 2.24) is 0 Å². The van der Waals surface area contributed by atoms with Crippen molar-refractivity contribution in [3.8, 4) is 0 Å². The Morgan fingerprint density at radius 3 is 2.44 bits per heavy atom. The van der Waals surface area contributed by atoms with Gasteiger partial charge in [0.25, 0.3) is 0 Å². The van der Waals surface area contributed by atoms with Crippen LogP contribution in [-0.2, 0) is 0 Å². The molecule has 1 atom stereocenters. The number of aliphatic hydroxyl groups is 1. The second kappa shape index (κ2) is 5.59. The first-order chi connectivity index (χ1) is 8.58. The molecule has 0 aliphatic rings. The van der Waals surface area contributed by atoms with Crippen molar-refractivity contribution in [3.05, 3.63) is 59.2 Å². The van der Waals surface area contributed by atoms with E-state index in [1.54, 1.807) is 11.8 Å². The molecule has 0 radical (unpaired) electrons. The summed E-state index contributed by atoms with van der Waals surface area (Å²) in [5.41, 5.74) is 3.52. The van der Waals surface area contributed by atoms with Crippen LogP contribution in [0.3, 0.4) is 0 Å². The topological polar surface area (TPSA) is 20.2 Å². The van der Waals surface area contributed by atoms with E-state index in [0.29, 0.717) is 0 Å². The average Bonchev–Trinajstić information content (AvgIpc) is 2.34. The number of benzene rings is 2. The predicted molar refractivity (Wildman–Crippen MR) is 77.1 cm³/mol. The average molecular weight is 258 g/mol. The molecule has 2 aromatic carbocycles. The van der Waals surface area contributed by atoms with Gasteiger partial charge in [0.1, 0.15) is 0 Å². The molecule has 0 aliphatic heterocycles. The summed E-state index contributed by atoms with van der Waals surface area (Å²) < 4.78 is 0. The molecule has 1 nitrogen and oxygen atoms in total. The van der Waals surface area contributed by atoms with Crippen molar-refractivity contribution >= 4 is 11.8 Å². The lowest BCUT2D eigenvalue weighted by Crippen LogP contribution is -1.93. The number of rotatable bonds is 3. The molecule has 1 N–H and O–H groups in total. The highest BCUT2D eigenvalue weighted by molar-refractivity contribution is 7.99. The van der Waals surface area contributed by atoms with Crippen molar-refractivity contribution in [3.63, 3.8) is 0 Å². The van der Waals surface area contributed by atoms with Crippen molar-refractivity contribution in [2.45, 2.75) is 36.7 Å². The molecule has 18 heavy (non-hydrogen) atoms. The van der Waals surface area contributed by atoms with Crippen LogP contribution in [0.5, 0.6) is 0 Å². The lowest BCUT2D eigenvalue weighted by molar-refractivity contribution is 0.196. The molecule has 2 heteroatoms. The molecule has 2 rings (SSSR count). The summed E-state index contributed by atoms with van der Waals surface area (Å²) in [6.07, 6.45) is -0.432. The summed E-state index contributed by atoms with van der Waals surface area (Å²) in [5, 5.41) is 9.79. The van der Waals surface area contributed by atoms with Crippen molar-refractivity contribution < 1.29 is 5.11 Å². The maximum Gasteiger partial charge on any atom is 0.0772 e. The lowest BCUT2D eigenvalue weighted by atomic mass is 10.1. The molecule has 0 fully saturated rings. The predicted octanol–water partition coefficient (Wildman–Crippen LogP) is 4.51. The summed E-state index contributed by atoms with van der Waals surface area (Å²) in [4.78, 5) is 2.38. The van der Waals surface area contributed by atoms with Gasteiger partial charge in [0.2, 0.25) is 0 Å². The molecule has 2 aromatic rings. The molecular weight excluding hydrogens is 240 g/mol. The van der Waals surface area contributed by atoms with Gasteiger partial charge < -0.3 is 5.11 Å². The van der Waals surface area contributed by atoms with Crippen LogP contribution in [0.15, 0.2) is 52.3 Å². The number of hydrogen-bond acceptors (Lipinski definition) is 2. The first kappa shape index (κ1) is 13.2. The maximum absolute atomic E-state index is 9.79. The Balaban J connectivity index is 2.37. The Labute approximate surface area is 113 Å². The van der Waals surface area contributed by atoms with Crippen molar-refractivity contribution in [2.75, 3.05) is 0 Å². The van der Waals surface area contributed by atoms with Gasteiger partial charge in [0, 0.05) is 9.79 Å². The number of aryl methyl sites for hydroxylation is 2. The van der Waals surface area contributed by atoms with Crippen LogP contribution in [-0.4, -0.2) is 5.11 Å². The van der Waals surface area contributed by atoms with Gasteiger partial charge in [-0.05, 0) is 49.6 Å². The van der Waals surface area contributed by atoms with Gasteiger partial charge in [0.15, 0.2) is 0 Å². The monoisotopic (exact) mass is 258 g/mol. The van der Waals surface area contributed by atoms with Crippen LogP contribution in [0.1, 0.15) is 29.7 Å². The summed E-state index contributed by atoms with van der Waals surface area (Å²) in [7, 11) is 0. The van der Waals surface area contributed by atoms with E-state index >= 15 is 0 Å². The van der Waals surface area contributed by atoms with Gasteiger partial charge >= 0.3 is 0 Å². The summed E-state index contributed by atoms with van der Waals surface area (Å²) in [6, 6.07) is 14.5. The van der Waals surface area contributed by atoms with Crippen LogP contribution in [0.4, 0.5) is 0 Å². The fourth-order valence-electron chi connectivity index (χ4n) is 1.85. The Hall–Kier alpha value is -1.25. The third-order valence-electron chi connectivity index (χ3n) is 2.93. The van der Waals surface area contributed by atoms with Crippen molar-refractivity contribution in [1.29, 1.82) is 0 Å². The minimum atomic E-state index is -0.432. The van der Waals surface area contributed by atoms with E-state index in [0.717, 1.165) is 10.5 Å². The van der Waals surface area contributed by atoms with E-state index in [-0.39, 0.29) is 0 Å². The largest absolute Gasteiger partial charge is 0.389 e. The molecule has 0 heterocycles. The van der Waals surface area contributed by atoms with Crippen molar-refractivity contribution in [2.24, 2.45) is 0 Å². The fourth-order valence-corrected chi connectivity index (χ4v) is 3.07. The Kier molecular flexibility index (Phi) is 4.10. The van der Waals surface area contributed by atoms with Crippen LogP contribution >= 0.6 is 11.8 Å². The van der Waals surface area contributed by atoms with Crippen LogP contribution in [0.2, 0.25) is 0 Å². The van der Waals surface area contributed by atoms with E-state index < -0.39 is 6.10 Å². The van der Waals surface area contributed by atoms with E-state index in [2.05, 4.69) is 38.1 Å². The van der Waals surface area contributed by atoms with Crippen LogP contribution < -0.4 is 0 Å². The van der Waals surface area contributed by atoms with Gasteiger partial charge in [-0.3, -0.25) is 0 Å². The molecule has 94 valence electrons. The zero-order chi connectivity index (χ0) is 13.1. The zero-order valence-corrected chi connectivity index (χ0v) is 11.8. The maximum atomic E-state index is 9.79. The highest BCUT2D eigenvalue weighted by Crippen LogP contribution is 2.35. The quantitative estimate of drug-likeness (QED) is 0.874. The molecular formula is C16H18OS. The Bertz CT molecular complexity index is 547. The zero-order valence-electron chi connectivity index (χ0n) is 11.0. The number of hydrogen-bond donors (Lipinski definition) is 1. The highest BCUT2D eigenvalue weighted by atomic mass is 32.2. The van der Waals surface area contributed by atoms with E-state index in [1.165, 1.54) is 16.0 Å². The number of aliphatic hydroxyl groups excluding tert-OH is 1. The Morgan fingerprint density at radius 1 is 1.00 bits per heavy atom. The molecule has 0 saturated carbocycles. The van der Waals surface area contributed by atoms with Crippen LogP contribution in [0, 0.1) is 13.8 Å². The molecule has 0 amide bonds. The third-order valence-corrected chi connectivity index (χ3v) is 4.18. The summed E-state index contributed by atoms with van der Waals surface area (Å²) >= 11 is 1.72. The summed E-state index contributed by atoms with van der Waals surface area (Å²) in [6.45, 7) is 6.03. The third kappa shape index (κ3) is 2.95. The summed E-state index contributed by atoms with van der Waals surface area (Å²) in [5.74, 6) is 0. The fraction of sp³-hybridized carbons (Fsp3) is 0.250. The lowest BCUT2D eigenvalue weighted by Gasteiger charge is -2.13. The molecule has 1 unspecified atom stereocenters. The molecule has 0 bridgehead atoms. The van der Waals surface area contributed by atoms with Crippen LogP contribution in [0.25, 0.3) is 0 Å². The molecule has 0 saturated heterocycles. The van der Waals surface area contributed by atoms with Gasteiger partial charge in [-0.2, -0.15) is 0 Å². The second-order valence-electron chi connectivity index (χ2n) is 4.58.